The van der Waals surface area contributed by atoms with Gasteiger partial charge >= 0.3 is 0 Å². The summed E-state index contributed by atoms with van der Waals surface area (Å²) in [7, 11) is 1.77. The maximum atomic E-state index is 14.3. The molecular weight excluding hydrogens is 871 g/mol. The number of hydrogen-bond acceptors (Lipinski definition) is 13. The molecule has 0 unspecified atom stereocenters. The lowest BCUT2D eigenvalue weighted by atomic mass is 9.99. The fraction of sp³-hybridized carbons (Fsp3) is 0.690. The van der Waals surface area contributed by atoms with Crippen LogP contribution in [-0.4, -0.2) is 145 Å². The standard InChI is InChI=1S/C42H77N17O8/c1-23(2)18-31(38(65)53-25(5)21-60)58-40(67)33(24(3)4)59-37(64)28(12-8-9-15-48-7)55-35(62)30(14-11-17-51-42(46)47)56-39(66)32(19-27-20-49-22-52-27)57-36(63)29(54-34(61)26(6)43)13-10-16-50-41(44)45/h20-26,28-33,48H,8-19,43H2,1-7H3,(H,49,52)(H,53,65)(H,54,61)(H,55,62)(H,56,66)(H,57,63)(H,58,67)(H,59,64)(H4,44,45,50)(H4,46,47,51)/t25-,26-,28-,29-,30-,31-,32-,33-/m0/s1. The predicted octanol–water partition coefficient (Wildman–Crippen LogP) is -3.89. The van der Waals surface area contributed by atoms with Crippen LogP contribution < -0.4 is 71.2 Å². The van der Waals surface area contributed by atoms with Gasteiger partial charge < -0.3 is 81.0 Å². The summed E-state index contributed by atoms with van der Waals surface area (Å²) in [6.07, 6.45) is 5.28. The molecule has 19 N–H and O–H groups in total. The van der Waals surface area contributed by atoms with Crippen molar-refractivity contribution in [2.24, 2.45) is 50.5 Å². The number of guanidine groups is 2. The van der Waals surface area contributed by atoms with E-state index in [-0.39, 0.29) is 75.9 Å². The van der Waals surface area contributed by atoms with Gasteiger partial charge in [-0.3, -0.25) is 43.5 Å². The average Bonchev–Trinajstić information content (AvgIpc) is 3.77. The van der Waals surface area contributed by atoms with Gasteiger partial charge in [0.1, 0.15) is 42.5 Å². The van der Waals surface area contributed by atoms with Crippen LogP contribution in [0, 0.1) is 11.8 Å². The van der Waals surface area contributed by atoms with Gasteiger partial charge in [-0.05, 0) is 90.6 Å². The number of unbranched alkanes of at least 4 members (excludes halogenated alkanes) is 1. The van der Waals surface area contributed by atoms with E-state index in [0.717, 1.165) is 0 Å². The summed E-state index contributed by atoms with van der Waals surface area (Å²) in [5.41, 5.74) is 28.2. The van der Waals surface area contributed by atoms with Crippen molar-refractivity contribution in [3.8, 4) is 0 Å². The number of nitrogens with one attached hydrogen (secondary N) is 9. The van der Waals surface area contributed by atoms with Crippen LogP contribution in [0.25, 0.3) is 0 Å². The molecule has 0 saturated carbocycles. The molecule has 1 heterocycles. The first-order chi connectivity index (χ1) is 31.6. The molecule has 0 aliphatic heterocycles. The smallest absolute Gasteiger partial charge is 0.243 e. The fourth-order valence-corrected chi connectivity index (χ4v) is 6.52. The van der Waals surface area contributed by atoms with Gasteiger partial charge in [0.25, 0.3) is 0 Å². The van der Waals surface area contributed by atoms with Gasteiger partial charge in [-0.1, -0.05) is 27.7 Å². The number of amides is 7. The molecule has 0 aliphatic rings. The Hall–Kier alpha value is -6.37. The molecule has 0 saturated heterocycles. The molecule has 1 aromatic heterocycles. The number of aromatic nitrogens is 2. The van der Waals surface area contributed by atoms with E-state index in [9.17, 15) is 38.4 Å². The quantitative estimate of drug-likeness (QED) is 0.0139. The molecule has 1 rings (SSSR count). The molecule has 67 heavy (non-hydrogen) atoms. The first-order valence-electron chi connectivity index (χ1n) is 22.7. The zero-order valence-electron chi connectivity index (χ0n) is 40.0. The van der Waals surface area contributed by atoms with Crippen molar-refractivity contribution in [1.29, 1.82) is 0 Å². The van der Waals surface area contributed by atoms with Crippen molar-refractivity contribution < 1.29 is 38.4 Å². The highest BCUT2D eigenvalue weighted by Gasteiger charge is 2.35. The van der Waals surface area contributed by atoms with E-state index < -0.39 is 95.6 Å². The van der Waals surface area contributed by atoms with Gasteiger partial charge in [0.2, 0.25) is 41.4 Å². The van der Waals surface area contributed by atoms with E-state index in [2.05, 4.69) is 62.5 Å². The summed E-state index contributed by atoms with van der Waals surface area (Å²) in [6.45, 7) is 10.9. The number of carbonyl (C=O) groups is 8. The minimum atomic E-state index is -1.33. The number of rotatable bonds is 33. The van der Waals surface area contributed by atoms with Crippen LogP contribution in [0.3, 0.4) is 0 Å². The van der Waals surface area contributed by atoms with Crippen LogP contribution in [0.2, 0.25) is 0 Å². The molecule has 0 bridgehead atoms. The summed E-state index contributed by atoms with van der Waals surface area (Å²) < 4.78 is 0. The van der Waals surface area contributed by atoms with Crippen LogP contribution in [0.1, 0.15) is 98.6 Å². The van der Waals surface area contributed by atoms with Gasteiger partial charge in [-0.15, -0.1) is 0 Å². The van der Waals surface area contributed by atoms with Crippen molar-refractivity contribution in [1.82, 2.24) is 52.5 Å². The summed E-state index contributed by atoms with van der Waals surface area (Å²) >= 11 is 0. The lowest BCUT2D eigenvalue weighted by molar-refractivity contribution is -0.136. The Morgan fingerprint density at radius 2 is 1.09 bits per heavy atom. The highest BCUT2D eigenvalue weighted by atomic mass is 16.2. The number of hydrogen-bond donors (Lipinski definition) is 14. The Bertz CT molecular complexity index is 1780. The summed E-state index contributed by atoms with van der Waals surface area (Å²) in [5.74, 6) is -5.65. The number of nitrogens with zero attached hydrogens (tertiary/aromatic N) is 3. The molecular formula is C42H77N17O8. The molecule has 7 amide bonds. The second kappa shape index (κ2) is 31.5. The van der Waals surface area contributed by atoms with Crippen molar-refractivity contribution in [3.05, 3.63) is 18.2 Å². The third-order valence-electron chi connectivity index (χ3n) is 10.1. The van der Waals surface area contributed by atoms with Crippen LogP contribution in [-0.2, 0) is 44.8 Å². The van der Waals surface area contributed by atoms with Gasteiger partial charge in [0.05, 0.1) is 18.4 Å². The second-order valence-corrected chi connectivity index (χ2v) is 17.2. The van der Waals surface area contributed by atoms with Gasteiger partial charge in [0, 0.05) is 31.4 Å². The first kappa shape index (κ1) is 58.6. The molecule has 0 radical (unpaired) electrons. The topological polar surface area (TPSA) is 416 Å². The predicted molar refractivity (Wildman–Crippen MR) is 253 cm³/mol. The average molecular weight is 948 g/mol. The monoisotopic (exact) mass is 948 g/mol. The lowest BCUT2D eigenvalue weighted by Gasteiger charge is -2.29. The van der Waals surface area contributed by atoms with Crippen LogP contribution in [0.4, 0.5) is 0 Å². The third-order valence-corrected chi connectivity index (χ3v) is 10.1. The minimum absolute atomic E-state index is 0.0189. The number of carbonyl (C=O) groups excluding carboxylic acids is 8. The third kappa shape index (κ3) is 24.1. The zero-order chi connectivity index (χ0) is 50.6. The van der Waals surface area contributed by atoms with Gasteiger partial charge in [-0.2, -0.15) is 0 Å². The van der Waals surface area contributed by atoms with Crippen molar-refractivity contribution >= 4 is 59.6 Å². The van der Waals surface area contributed by atoms with E-state index in [1.165, 1.54) is 26.4 Å². The number of aldehydes is 1. The number of imidazole rings is 1. The number of nitrogens with two attached hydrogens (primary N) is 5. The van der Waals surface area contributed by atoms with Crippen molar-refractivity contribution in [2.75, 3.05) is 26.7 Å². The summed E-state index contributed by atoms with van der Waals surface area (Å²) in [6, 6.07) is -8.91. The summed E-state index contributed by atoms with van der Waals surface area (Å²) in [4.78, 5) is 122. The Morgan fingerprint density at radius 3 is 1.54 bits per heavy atom. The van der Waals surface area contributed by atoms with E-state index in [1.54, 1.807) is 20.9 Å². The van der Waals surface area contributed by atoms with Crippen molar-refractivity contribution in [3.63, 3.8) is 0 Å². The molecule has 8 atom stereocenters. The second-order valence-electron chi connectivity index (χ2n) is 17.2. The molecule has 25 nitrogen and oxygen atoms in total. The van der Waals surface area contributed by atoms with Crippen LogP contribution in [0.15, 0.2) is 22.5 Å². The van der Waals surface area contributed by atoms with Gasteiger partial charge in [-0.25, -0.2) is 4.98 Å². The maximum Gasteiger partial charge on any atom is 0.243 e. The molecule has 0 fully saturated rings. The Morgan fingerprint density at radius 1 is 0.627 bits per heavy atom. The maximum absolute atomic E-state index is 14.3. The van der Waals surface area contributed by atoms with E-state index in [0.29, 0.717) is 31.4 Å². The van der Waals surface area contributed by atoms with Gasteiger partial charge in [0.15, 0.2) is 11.9 Å². The molecule has 25 heteroatoms. The summed E-state index contributed by atoms with van der Waals surface area (Å²) in [5, 5.41) is 21.8. The number of aromatic amines is 1. The Labute approximate surface area is 392 Å². The van der Waals surface area contributed by atoms with E-state index in [1.807, 2.05) is 13.8 Å². The Balaban J connectivity index is 3.55. The fourth-order valence-electron chi connectivity index (χ4n) is 6.52. The van der Waals surface area contributed by atoms with E-state index >= 15 is 0 Å². The molecule has 1 aromatic rings. The Kier molecular flexibility index (Phi) is 27.6. The van der Waals surface area contributed by atoms with Crippen LogP contribution in [0.5, 0.6) is 0 Å². The normalized spacial score (nSPS) is 14.7. The van der Waals surface area contributed by atoms with E-state index in [4.69, 9.17) is 28.7 Å². The molecule has 378 valence electrons. The highest BCUT2D eigenvalue weighted by Crippen LogP contribution is 2.12. The molecule has 0 aliphatic carbocycles. The zero-order valence-corrected chi connectivity index (χ0v) is 40.0. The van der Waals surface area contributed by atoms with Crippen molar-refractivity contribution in [2.45, 2.75) is 148 Å². The SMILES string of the molecule is CNCCCC[C@H](NC(=O)[C@H](CCCN=C(N)N)NC(=O)[C@H](Cc1cnc[nH]1)NC(=O)[C@H](CCCN=C(N)N)NC(=O)[C@H](C)N)C(=O)N[C@H](C(=O)N[C@@H](CC(C)C)C(=O)N[C@@H](C)C=O)C(C)C. The number of H-pyrrole nitrogens is 1. The molecule has 0 spiro atoms. The van der Waals surface area contributed by atoms with Crippen LogP contribution >= 0.6 is 0 Å². The molecule has 0 aromatic carbocycles. The largest absolute Gasteiger partial charge is 0.370 e. The number of aliphatic imine (C=N–C) groups is 2. The lowest BCUT2D eigenvalue weighted by Crippen LogP contribution is -2.61. The first-order valence-corrected chi connectivity index (χ1v) is 22.7. The highest BCUT2D eigenvalue weighted by molar-refractivity contribution is 5.97. The minimum Gasteiger partial charge on any atom is -0.370 e.